The molecule has 22 heavy (non-hydrogen) atoms. The number of nitrogens with zero attached hydrogens (tertiary/aromatic N) is 2. The zero-order valence-corrected chi connectivity index (χ0v) is 12.4. The summed E-state index contributed by atoms with van der Waals surface area (Å²) in [6.45, 7) is 1.66. The molecule has 0 aliphatic heterocycles. The van der Waals surface area contributed by atoms with Crippen molar-refractivity contribution < 1.29 is 14.4 Å². The van der Waals surface area contributed by atoms with Crippen molar-refractivity contribution >= 4 is 29.0 Å². The Hall–Kier alpha value is -2.61. The number of pyridine rings is 1. The van der Waals surface area contributed by atoms with Gasteiger partial charge in [0.05, 0.1) is 10.2 Å². The van der Waals surface area contributed by atoms with Crippen molar-refractivity contribution in [3.63, 3.8) is 0 Å². The number of hydrogen-bond acceptors (Lipinski definition) is 5. The minimum Gasteiger partial charge on any atom is -0.618 e. The van der Waals surface area contributed by atoms with Crippen LogP contribution in [0.3, 0.4) is 0 Å². The third-order valence-corrected chi connectivity index (χ3v) is 3.90. The van der Waals surface area contributed by atoms with Crippen LogP contribution < -0.4 is 10.0 Å². The molecule has 0 bridgehead atoms. The molecule has 0 saturated heterocycles. The number of nitrogens with one attached hydrogen (secondary N) is 1. The average molecular weight is 319 g/mol. The number of rotatable bonds is 5. The maximum absolute atomic E-state index is 12.1. The lowest BCUT2D eigenvalue weighted by Gasteiger charge is -2.11. The molecule has 0 fully saturated rings. The Labute approximate surface area is 130 Å². The van der Waals surface area contributed by atoms with Crippen LogP contribution in [0.2, 0.25) is 0 Å². The van der Waals surface area contributed by atoms with Crippen molar-refractivity contribution in [2.75, 3.05) is 5.32 Å². The highest BCUT2D eigenvalue weighted by atomic mass is 32.2. The van der Waals surface area contributed by atoms with E-state index in [0.717, 1.165) is 11.8 Å². The zero-order chi connectivity index (χ0) is 16.1. The van der Waals surface area contributed by atoms with Gasteiger partial charge in [0.25, 0.3) is 10.7 Å². The van der Waals surface area contributed by atoms with Crippen LogP contribution in [0.1, 0.15) is 6.92 Å². The van der Waals surface area contributed by atoms with Crippen molar-refractivity contribution in [1.82, 2.24) is 0 Å². The van der Waals surface area contributed by atoms with Crippen LogP contribution >= 0.6 is 11.8 Å². The van der Waals surface area contributed by atoms with Gasteiger partial charge in [0.15, 0.2) is 6.20 Å². The Morgan fingerprint density at radius 1 is 1.32 bits per heavy atom. The Kier molecular flexibility index (Phi) is 4.95. The van der Waals surface area contributed by atoms with E-state index in [1.165, 1.54) is 24.4 Å². The molecule has 1 heterocycles. The largest absolute Gasteiger partial charge is 0.618 e. The molecular weight excluding hydrogens is 306 g/mol. The molecule has 1 amide bonds. The standard InChI is InChI=1S/C14H13N3O4S/c1-10(22-13-7-2-3-8-16(13)19)14(18)15-11-5-4-6-12(9-11)17(20)21/h2-10H,1H3,(H,15,18)/t10-/m0/s1. The van der Waals surface area contributed by atoms with Crippen molar-refractivity contribution in [3.05, 3.63) is 64.0 Å². The predicted octanol–water partition coefficient (Wildman–Crippen LogP) is 2.35. The molecule has 0 aliphatic carbocycles. The molecule has 0 spiro atoms. The Morgan fingerprint density at radius 3 is 2.77 bits per heavy atom. The SMILES string of the molecule is C[C@H](Sc1cccc[n+]1[O-])C(=O)Nc1cccc([N+](=O)[O-])c1. The fraction of sp³-hybridized carbons (Fsp3) is 0.143. The van der Waals surface area contributed by atoms with Crippen molar-refractivity contribution in [2.24, 2.45) is 0 Å². The number of amides is 1. The minimum absolute atomic E-state index is 0.0986. The van der Waals surface area contributed by atoms with Gasteiger partial charge in [-0.1, -0.05) is 6.07 Å². The van der Waals surface area contributed by atoms with Gasteiger partial charge in [-0.3, -0.25) is 14.9 Å². The third kappa shape index (κ3) is 3.95. The van der Waals surface area contributed by atoms with E-state index < -0.39 is 10.2 Å². The summed E-state index contributed by atoms with van der Waals surface area (Å²) >= 11 is 1.11. The summed E-state index contributed by atoms with van der Waals surface area (Å²) in [6, 6.07) is 10.6. The van der Waals surface area contributed by atoms with Crippen LogP contribution in [0.15, 0.2) is 53.7 Å². The number of non-ortho nitro benzene ring substituents is 1. The van der Waals surface area contributed by atoms with E-state index in [1.54, 1.807) is 31.2 Å². The fourth-order valence-electron chi connectivity index (χ4n) is 1.68. The highest BCUT2D eigenvalue weighted by Gasteiger charge is 2.19. The Morgan fingerprint density at radius 2 is 2.09 bits per heavy atom. The summed E-state index contributed by atoms with van der Waals surface area (Å²) in [4.78, 5) is 22.3. The van der Waals surface area contributed by atoms with Gasteiger partial charge in [0, 0.05) is 30.0 Å². The lowest BCUT2D eigenvalue weighted by molar-refractivity contribution is -0.645. The van der Waals surface area contributed by atoms with Gasteiger partial charge in [-0.05, 0) is 30.8 Å². The molecule has 8 heteroatoms. The second-order valence-corrected chi connectivity index (χ2v) is 5.78. The monoisotopic (exact) mass is 319 g/mol. The van der Waals surface area contributed by atoms with Gasteiger partial charge in [-0.25, -0.2) is 0 Å². The second-order valence-electron chi connectivity index (χ2n) is 4.42. The smallest absolute Gasteiger partial charge is 0.271 e. The summed E-state index contributed by atoms with van der Waals surface area (Å²) in [5.74, 6) is -0.339. The molecule has 0 radical (unpaired) electrons. The van der Waals surface area contributed by atoms with E-state index in [-0.39, 0.29) is 11.6 Å². The first-order valence-electron chi connectivity index (χ1n) is 6.37. The Balaban J connectivity index is 2.04. The van der Waals surface area contributed by atoms with Gasteiger partial charge in [0.2, 0.25) is 5.91 Å². The topological polar surface area (TPSA) is 99.2 Å². The van der Waals surface area contributed by atoms with Crippen molar-refractivity contribution in [2.45, 2.75) is 17.2 Å². The molecule has 2 rings (SSSR count). The van der Waals surface area contributed by atoms with Crippen LogP contribution in [-0.4, -0.2) is 16.1 Å². The molecule has 1 aromatic heterocycles. The predicted molar refractivity (Wildman–Crippen MR) is 82.4 cm³/mol. The van der Waals surface area contributed by atoms with Gasteiger partial charge in [0.1, 0.15) is 0 Å². The number of nitro benzene ring substituents is 1. The summed E-state index contributed by atoms with van der Waals surface area (Å²) < 4.78 is 0.682. The summed E-state index contributed by atoms with van der Waals surface area (Å²) in [5.41, 5.74) is 0.244. The van der Waals surface area contributed by atoms with Crippen LogP contribution in [0.5, 0.6) is 0 Å². The fourth-order valence-corrected chi connectivity index (χ4v) is 2.53. The quantitative estimate of drug-likeness (QED) is 0.300. The second kappa shape index (κ2) is 6.90. The molecule has 114 valence electrons. The summed E-state index contributed by atoms with van der Waals surface area (Å²) in [5, 5.41) is 24.7. The number of benzene rings is 1. The number of carbonyl (C=O) groups is 1. The molecule has 1 aromatic carbocycles. The van der Waals surface area contributed by atoms with Crippen LogP contribution in [-0.2, 0) is 4.79 Å². The highest BCUT2D eigenvalue weighted by molar-refractivity contribution is 8.00. The van der Waals surface area contributed by atoms with Crippen molar-refractivity contribution in [3.8, 4) is 0 Å². The van der Waals surface area contributed by atoms with Gasteiger partial charge >= 0.3 is 0 Å². The summed E-state index contributed by atoms with van der Waals surface area (Å²) in [7, 11) is 0. The van der Waals surface area contributed by atoms with E-state index >= 15 is 0 Å². The van der Waals surface area contributed by atoms with E-state index in [2.05, 4.69) is 5.32 Å². The number of nitro groups is 1. The molecule has 0 unspecified atom stereocenters. The number of thioether (sulfide) groups is 1. The molecule has 2 aromatic rings. The maximum atomic E-state index is 12.1. The lowest BCUT2D eigenvalue weighted by Crippen LogP contribution is -2.30. The third-order valence-electron chi connectivity index (χ3n) is 2.78. The van der Waals surface area contributed by atoms with Crippen LogP contribution in [0.4, 0.5) is 11.4 Å². The van der Waals surface area contributed by atoms with Gasteiger partial charge in [-0.2, -0.15) is 4.73 Å². The zero-order valence-electron chi connectivity index (χ0n) is 11.6. The first-order valence-corrected chi connectivity index (χ1v) is 7.25. The van der Waals surface area contributed by atoms with Crippen LogP contribution in [0, 0.1) is 15.3 Å². The normalized spacial score (nSPS) is 11.7. The van der Waals surface area contributed by atoms with Gasteiger partial charge < -0.3 is 10.5 Å². The van der Waals surface area contributed by atoms with E-state index in [9.17, 15) is 20.1 Å². The lowest BCUT2D eigenvalue weighted by atomic mass is 10.2. The van der Waals surface area contributed by atoms with E-state index in [1.807, 2.05) is 0 Å². The minimum atomic E-state index is -0.530. The maximum Gasteiger partial charge on any atom is 0.271 e. The van der Waals surface area contributed by atoms with E-state index in [4.69, 9.17) is 0 Å². The van der Waals surface area contributed by atoms with Gasteiger partial charge in [-0.15, -0.1) is 0 Å². The van der Waals surface area contributed by atoms with Crippen molar-refractivity contribution in [1.29, 1.82) is 0 Å². The first kappa shape index (κ1) is 15.8. The number of anilines is 1. The summed E-state index contributed by atoms with van der Waals surface area (Å²) in [6.07, 6.45) is 1.35. The molecule has 7 nitrogen and oxygen atoms in total. The number of aromatic nitrogens is 1. The molecule has 0 saturated carbocycles. The Bertz CT molecular complexity index is 708. The molecular formula is C14H13N3O4S. The van der Waals surface area contributed by atoms with Crippen LogP contribution in [0.25, 0.3) is 0 Å². The van der Waals surface area contributed by atoms with E-state index in [0.29, 0.717) is 15.4 Å². The first-order chi connectivity index (χ1) is 10.5. The highest BCUT2D eigenvalue weighted by Crippen LogP contribution is 2.22. The number of carbonyl (C=O) groups excluding carboxylic acids is 1. The molecule has 1 N–H and O–H groups in total. The average Bonchev–Trinajstić information content (AvgIpc) is 2.49. The molecule has 0 aliphatic rings. The molecule has 1 atom stereocenters. The number of hydrogen-bond donors (Lipinski definition) is 1.